The molecule has 28 heavy (non-hydrogen) atoms. The maximum Gasteiger partial charge on any atom is 0.227 e. The van der Waals surface area contributed by atoms with E-state index in [0.29, 0.717) is 19.6 Å². The minimum Gasteiger partial charge on any atom is -0.494 e. The van der Waals surface area contributed by atoms with Gasteiger partial charge in [0.15, 0.2) is 0 Å². The molecule has 0 bridgehead atoms. The zero-order valence-electron chi connectivity index (χ0n) is 16.9. The van der Waals surface area contributed by atoms with Crippen molar-refractivity contribution in [3.05, 3.63) is 59.7 Å². The van der Waals surface area contributed by atoms with Crippen LogP contribution in [0, 0.1) is 6.92 Å². The molecule has 0 aliphatic carbocycles. The van der Waals surface area contributed by atoms with Crippen LogP contribution in [0.25, 0.3) is 0 Å². The Labute approximate surface area is 167 Å². The van der Waals surface area contributed by atoms with Crippen LogP contribution in [0.2, 0.25) is 0 Å². The molecule has 5 nitrogen and oxygen atoms in total. The highest BCUT2D eigenvalue weighted by Crippen LogP contribution is 2.16. The second-order valence-electron chi connectivity index (χ2n) is 7.09. The normalized spacial score (nSPS) is 14.7. The van der Waals surface area contributed by atoms with E-state index in [1.807, 2.05) is 54.3 Å². The first-order chi connectivity index (χ1) is 13.7. The van der Waals surface area contributed by atoms with Gasteiger partial charge in [-0.05, 0) is 43.2 Å². The van der Waals surface area contributed by atoms with Gasteiger partial charge in [-0.1, -0.05) is 30.3 Å². The molecule has 0 N–H and O–H groups in total. The Morgan fingerprint density at radius 2 is 1.68 bits per heavy atom. The highest BCUT2D eigenvalue weighted by molar-refractivity contribution is 5.79. The van der Waals surface area contributed by atoms with Gasteiger partial charge in [-0.2, -0.15) is 0 Å². The number of piperazine rings is 1. The van der Waals surface area contributed by atoms with Crippen molar-refractivity contribution in [1.29, 1.82) is 0 Å². The number of benzene rings is 2. The summed E-state index contributed by atoms with van der Waals surface area (Å²) in [6.07, 6.45) is 0.447. The van der Waals surface area contributed by atoms with Crippen LogP contribution in [0.4, 0.5) is 0 Å². The molecule has 150 valence electrons. The van der Waals surface area contributed by atoms with E-state index >= 15 is 0 Å². The Morgan fingerprint density at radius 1 is 0.964 bits per heavy atom. The summed E-state index contributed by atoms with van der Waals surface area (Å²) in [5, 5.41) is 0. The molecular formula is C23H30N2O3. The van der Waals surface area contributed by atoms with Gasteiger partial charge in [-0.15, -0.1) is 0 Å². The number of para-hydroxylation sites is 1. The molecule has 2 aromatic carbocycles. The fourth-order valence-electron chi connectivity index (χ4n) is 3.38. The van der Waals surface area contributed by atoms with Crippen LogP contribution in [0.1, 0.15) is 18.1 Å². The Morgan fingerprint density at radius 3 is 2.36 bits per heavy atom. The van der Waals surface area contributed by atoms with E-state index in [1.165, 1.54) is 0 Å². The van der Waals surface area contributed by atoms with Crippen molar-refractivity contribution >= 4 is 5.91 Å². The van der Waals surface area contributed by atoms with E-state index in [2.05, 4.69) is 17.9 Å². The maximum atomic E-state index is 12.6. The molecule has 0 unspecified atom stereocenters. The smallest absolute Gasteiger partial charge is 0.227 e. The summed E-state index contributed by atoms with van der Waals surface area (Å²) in [6.45, 7) is 9.58. The monoisotopic (exact) mass is 382 g/mol. The molecule has 1 aliphatic rings. The van der Waals surface area contributed by atoms with Gasteiger partial charge >= 0.3 is 0 Å². The van der Waals surface area contributed by atoms with Crippen molar-refractivity contribution in [2.24, 2.45) is 0 Å². The second kappa shape index (κ2) is 10.1. The number of rotatable bonds is 8. The zero-order chi connectivity index (χ0) is 19.8. The zero-order valence-corrected chi connectivity index (χ0v) is 16.9. The molecule has 1 aliphatic heterocycles. The lowest BCUT2D eigenvalue weighted by molar-refractivity contribution is -0.132. The molecule has 0 spiro atoms. The van der Waals surface area contributed by atoms with Gasteiger partial charge in [0.25, 0.3) is 0 Å². The first-order valence-electron chi connectivity index (χ1n) is 10.1. The topological polar surface area (TPSA) is 42.0 Å². The van der Waals surface area contributed by atoms with Crippen LogP contribution in [0.3, 0.4) is 0 Å². The summed E-state index contributed by atoms with van der Waals surface area (Å²) in [5.41, 5.74) is 2.19. The standard InChI is InChI=1S/C23H30N2O3/c1-3-27-21-10-8-20(9-11-21)18-23(26)25-14-12-24(13-15-25)16-17-28-22-7-5-4-6-19(22)2/h4-11H,3,12-18H2,1-2H3. The summed E-state index contributed by atoms with van der Waals surface area (Å²) in [7, 11) is 0. The number of amides is 1. The van der Waals surface area contributed by atoms with Crippen LogP contribution in [-0.4, -0.2) is 61.6 Å². The van der Waals surface area contributed by atoms with Gasteiger partial charge in [0.1, 0.15) is 18.1 Å². The number of nitrogens with zero attached hydrogens (tertiary/aromatic N) is 2. The molecule has 0 aromatic heterocycles. The van der Waals surface area contributed by atoms with Crippen LogP contribution in [0.15, 0.2) is 48.5 Å². The van der Waals surface area contributed by atoms with E-state index in [4.69, 9.17) is 9.47 Å². The van der Waals surface area contributed by atoms with Crippen molar-refractivity contribution in [2.75, 3.05) is 45.9 Å². The van der Waals surface area contributed by atoms with Gasteiger partial charge < -0.3 is 14.4 Å². The highest BCUT2D eigenvalue weighted by Gasteiger charge is 2.21. The van der Waals surface area contributed by atoms with E-state index in [-0.39, 0.29) is 5.91 Å². The van der Waals surface area contributed by atoms with Crippen molar-refractivity contribution in [3.63, 3.8) is 0 Å². The lowest BCUT2D eigenvalue weighted by Gasteiger charge is -2.34. The van der Waals surface area contributed by atoms with Crippen LogP contribution in [-0.2, 0) is 11.2 Å². The van der Waals surface area contributed by atoms with Crippen LogP contribution < -0.4 is 9.47 Å². The molecule has 3 rings (SSSR count). The van der Waals surface area contributed by atoms with Gasteiger partial charge in [0, 0.05) is 32.7 Å². The van der Waals surface area contributed by atoms with Gasteiger partial charge in [0.2, 0.25) is 5.91 Å². The predicted octanol–water partition coefficient (Wildman–Crippen LogP) is 3.16. The molecule has 1 fully saturated rings. The summed E-state index contributed by atoms with van der Waals surface area (Å²) >= 11 is 0. The number of aryl methyl sites for hydroxylation is 1. The molecule has 0 radical (unpaired) electrons. The molecule has 5 heteroatoms. The van der Waals surface area contributed by atoms with E-state index < -0.39 is 0 Å². The average molecular weight is 383 g/mol. The van der Waals surface area contributed by atoms with Crippen LogP contribution in [0.5, 0.6) is 11.5 Å². The molecule has 2 aromatic rings. The van der Waals surface area contributed by atoms with Crippen molar-refractivity contribution in [3.8, 4) is 11.5 Å². The SMILES string of the molecule is CCOc1ccc(CC(=O)N2CCN(CCOc3ccccc3C)CC2)cc1. The van der Waals surface area contributed by atoms with Crippen molar-refractivity contribution in [2.45, 2.75) is 20.3 Å². The molecule has 1 heterocycles. The van der Waals surface area contributed by atoms with Gasteiger partial charge in [0.05, 0.1) is 13.0 Å². The van der Waals surface area contributed by atoms with E-state index in [1.54, 1.807) is 0 Å². The van der Waals surface area contributed by atoms with Crippen molar-refractivity contribution in [1.82, 2.24) is 9.80 Å². The Hall–Kier alpha value is -2.53. The fraction of sp³-hybridized carbons (Fsp3) is 0.435. The third-order valence-corrected chi connectivity index (χ3v) is 5.07. The lowest BCUT2D eigenvalue weighted by Crippen LogP contribution is -2.49. The minimum absolute atomic E-state index is 0.194. The molecule has 0 atom stereocenters. The summed E-state index contributed by atoms with van der Waals surface area (Å²) in [6, 6.07) is 15.9. The number of carbonyl (C=O) groups is 1. The quantitative estimate of drug-likeness (QED) is 0.703. The van der Waals surface area contributed by atoms with Gasteiger partial charge in [-0.25, -0.2) is 0 Å². The molecule has 1 saturated heterocycles. The third kappa shape index (κ3) is 5.73. The first-order valence-corrected chi connectivity index (χ1v) is 10.1. The number of hydrogen-bond donors (Lipinski definition) is 0. The summed E-state index contributed by atoms with van der Waals surface area (Å²) in [4.78, 5) is 16.9. The molecule has 0 saturated carbocycles. The number of ether oxygens (including phenoxy) is 2. The van der Waals surface area contributed by atoms with Crippen LogP contribution >= 0.6 is 0 Å². The predicted molar refractivity (Wildman–Crippen MR) is 111 cm³/mol. The number of hydrogen-bond acceptors (Lipinski definition) is 4. The second-order valence-corrected chi connectivity index (χ2v) is 7.09. The van der Waals surface area contributed by atoms with Crippen molar-refractivity contribution < 1.29 is 14.3 Å². The summed E-state index contributed by atoms with van der Waals surface area (Å²) < 4.78 is 11.3. The molecule has 1 amide bonds. The summed E-state index contributed by atoms with van der Waals surface area (Å²) in [5.74, 6) is 1.99. The third-order valence-electron chi connectivity index (χ3n) is 5.07. The molecular weight excluding hydrogens is 352 g/mol. The highest BCUT2D eigenvalue weighted by atomic mass is 16.5. The lowest BCUT2D eigenvalue weighted by atomic mass is 10.1. The minimum atomic E-state index is 0.194. The van der Waals surface area contributed by atoms with E-state index in [9.17, 15) is 4.79 Å². The average Bonchev–Trinajstić information content (AvgIpc) is 2.71. The largest absolute Gasteiger partial charge is 0.494 e. The maximum absolute atomic E-state index is 12.6. The van der Waals surface area contributed by atoms with Gasteiger partial charge in [-0.3, -0.25) is 9.69 Å². The number of carbonyl (C=O) groups excluding carboxylic acids is 1. The Balaban J connectivity index is 1.38. The first kappa shape index (κ1) is 20.2. The fourth-order valence-corrected chi connectivity index (χ4v) is 3.38. The van der Waals surface area contributed by atoms with E-state index in [0.717, 1.165) is 55.3 Å². The Bertz CT molecular complexity index is 753. The Kier molecular flexibility index (Phi) is 7.31.